The normalized spacial score (nSPS) is 15.9. The molecule has 1 heterocycles. The van der Waals surface area contributed by atoms with Gasteiger partial charge < -0.3 is 10.1 Å². The molecule has 0 aliphatic carbocycles. The quantitative estimate of drug-likeness (QED) is 0.919. The fourth-order valence-corrected chi connectivity index (χ4v) is 3.17. The molecule has 0 radical (unpaired) electrons. The minimum Gasteiger partial charge on any atom is -0.496 e. The number of benzene rings is 2. The van der Waals surface area contributed by atoms with Gasteiger partial charge in [0.2, 0.25) is 0 Å². The summed E-state index contributed by atoms with van der Waals surface area (Å²) in [7, 11) is 1.71. The van der Waals surface area contributed by atoms with Crippen LogP contribution in [-0.2, 0) is 6.54 Å². The van der Waals surface area contributed by atoms with E-state index in [1.165, 1.54) is 5.56 Å². The second-order valence-electron chi connectivity index (χ2n) is 6.20. The lowest BCUT2D eigenvalue weighted by Crippen LogP contribution is -2.44. The van der Waals surface area contributed by atoms with E-state index < -0.39 is 0 Å². The molecule has 2 aromatic carbocycles. The van der Waals surface area contributed by atoms with Crippen LogP contribution in [0.5, 0.6) is 5.75 Å². The van der Waals surface area contributed by atoms with Crippen molar-refractivity contribution in [1.82, 2.24) is 10.2 Å². The van der Waals surface area contributed by atoms with E-state index in [9.17, 15) is 4.79 Å². The zero-order valence-corrected chi connectivity index (χ0v) is 14.1. The molecule has 0 bridgehead atoms. The number of hydrogen-bond donors (Lipinski definition) is 1. The molecule has 2 aromatic rings. The molecular formula is C20H24N2O2. The topological polar surface area (TPSA) is 41.6 Å². The van der Waals surface area contributed by atoms with Crippen LogP contribution in [0.15, 0.2) is 54.6 Å². The average Bonchev–Trinajstić information content (AvgIpc) is 2.64. The lowest BCUT2D eigenvalue weighted by Gasteiger charge is -2.32. The van der Waals surface area contributed by atoms with E-state index in [0.29, 0.717) is 0 Å². The van der Waals surface area contributed by atoms with Crippen LogP contribution in [0.25, 0.3) is 0 Å². The number of carbonyl (C=O) groups excluding carboxylic acids is 1. The maximum atomic E-state index is 12.2. The lowest BCUT2D eigenvalue weighted by molar-refractivity contribution is 0.0908. The van der Waals surface area contributed by atoms with E-state index in [2.05, 4.69) is 16.3 Å². The molecule has 126 valence electrons. The molecular weight excluding hydrogens is 300 g/mol. The fourth-order valence-electron chi connectivity index (χ4n) is 3.17. The average molecular weight is 324 g/mol. The molecule has 24 heavy (non-hydrogen) atoms. The highest BCUT2D eigenvalue weighted by Crippen LogP contribution is 2.21. The van der Waals surface area contributed by atoms with E-state index in [0.717, 1.165) is 43.8 Å². The molecule has 1 aliphatic rings. The number of piperidine rings is 1. The van der Waals surface area contributed by atoms with Crippen molar-refractivity contribution in [3.8, 4) is 5.75 Å². The molecule has 1 saturated heterocycles. The van der Waals surface area contributed by atoms with Gasteiger partial charge in [0.05, 0.1) is 7.11 Å². The Bertz CT molecular complexity index is 664. The summed E-state index contributed by atoms with van der Waals surface area (Å²) in [4.78, 5) is 14.6. The van der Waals surface area contributed by atoms with Crippen molar-refractivity contribution in [3.63, 3.8) is 0 Å². The predicted molar refractivity (Wildman–Crippen MR) is 95.2 cm³/mol. The first-order valence-electron chi connectivity index (χ1n) is 8.46. The summed E-state index contributed by atoms with van der Waals surface area (Å²) in [6.07, 6.45) is 1.96. The maximum absolute atomic E-state index is 12.2. The van der Waals surface area contributed by atoms with E-state index in [4.69, 9.17) is 4.74 Å². The number of methoxy groups -OCH3 is 1. The number of nitrogens with zero attached hydrogens (tertiary/aromatic N) is 1. The third-order valence-corrected chi connectivity index (χ3v) is 4.55. The lowest BCUT2D eigenvalue weighted by atomic mass is 10.0. The Morgan fingerprint density at radius 2 is 1.75 bits per heavy atom. The maximum Gasteiger partial charge on any atom is 0.251 e. The van der Waals surface area contributed by atoms with Gasteiger partial charge in [-0.2, -0.15) is 0 Å². The Hall–Kier alpha value is -2.33. The first-order chi connectivity index (χ1) is 11.8. The van der Waals surface area contributed by atoms with Crippen molar-refractivity contribution >= 4 is 5.91 Å². The van der Waals surface area contributed by atoms with Crippen LogP contribution in [-0.4, -0.2) is 37.0 Å². The van der Waals surface area contributed by atoms with Crippen molar-refractivity contribution in [3.05, 3.63) is 65.7 Å². The van der Waals surface area contributed by atoms with Gasteiger partial charge in [-0.3, -0.25) is 9.69 Å². The number of amides is 1. The Labute approximate surface area is 143 Å². The van der Waals surface area contributed by atoms with Gasteiger partial charge in [0.15, 0.2) is 0 Å². The summed E-state index contributed by atoms with van der Waals surface area (Å²) >= 11 is 0. The first kappa shape index (κ1) is 16.5. The van der Waals surface area contributed by atoms with Crippen LogP contribution in [0.3, 0.4) is 0 Å². The second kappa shape index (κ2) is 7.97. The minimum atomic E-state index is 0.0266. The number of para-hydroxylation sites is 1. The fraction of sp³-hybridized carbons (Fsp3) is 0.350. The Morgan fingerprint density at radius 1 is 1.08 bits per heavy atom. The number of rotatable bonds is 5. The summed E-state index contributed by atoms with van der Waals surface area (Å²) in [6, 6.07) is 17.8. The van der Waals surface area contributed by atoms with Gasteiger partial charge in [-0.15, -0.1) is 0 Å². The highest BCUT2D eigenvalue weighted by Gasteiger charge is 2.21. The summed E-state index contributed by atoms with van der Waals surface area (Å²) in [5.41, 5.74) is 1.95. The van der Waals surface area contributed by atoms with Crippen LogP contribution in [0.1, 0.15) is 28.8 Å². The van der Waals surface area contributed by atoms with Crippen LogP contribution in [0.4, 0.5) is 0 Å². The van der Waals surface area contributed by atoms with Crippen molar-refractivity contribution in [2.24, 2.45) is 0 Å². The van der Waals surface area contributed by atoms with Crippen molar-refractivity contribution < 1.29 is 9.53 Å². The molecule has 0 spiro atoms. The van der Waals surface area contributed by atoms with Crippen molar-refractivity contribution in [2.45, 2.75) is 25.4 Å². The number of carbonyl (C=O) groups is 1. The second-order valence-corrected chi connectivity index (χ2v) is 6.20. The molecule has 0 unspecified atom stereocenters. The first-order valence-corrected chi connectivity index (χ1v) is 8.46. The largest absolute Gasteiger partial charge is 0.496 e. The van der Waals surface area contributed by atoms with Crippen LogP contribution in [0.2, 0.25) is 0 Å². The van der Waals surface area contributed by atoms with Gasteiger partial charge in [0.25, 0.3) is 5.91 Å². The van der Waals surface area contributed by atoms with E-state index >= 15 is 0 Å². The minimum absolute atomic E-state index is 0.0266. The molecule has 1 N–H and O–H groups in total. The molecule has 4 nitrogen and oxygen atoms in total. The Balaban J connectivity index is 1.50. The van der Waals surface area contributed by atoms with Gasteiger partial charge in [0.1, 0.15) is 5.75 Å². The molecule has 4 heteroatoms. The highest BCUT2D eigenvalue weighted by atomic mass is 16.5. The molecule has 1 aliphatic heterocycles. The highest BCUT2D eigenvalue weighted by molar-refractivity contribution is 5.94. The molecule has 0 atom stereocenters. The van der Waals surface area contributed by atoms with Crippen LogP contribution >= 0.6 is 0 Å². The SMILES string of the molecule is COc1ccccc1CN1CCC(NC(=O)c2ccccc2)CC1. The van der Waals surface area contributed by atoms with Gasteiger partial charge in [-0.25, -0.2) is 0 Å². The Morgan fingerprint density at radius 3 is 2.46 bits per heavy atom. The molecule has 1 fully saturated rings. The summed E-state index contributed by atoms with van der Waals surface area (Å²) in [5.74, 6) is 0.968. The van der Waals surface area contributed by atoms with E-state index in [1.807, 2.05) is 48.5 Å². The van der Waals surface area contributed by atoms with Gasteiger partial charge >= 0.3 is 0 Å². The third-order valence-electron chi connectivity index (χ3n) is 4.55. The van der Waals surface area contributed by atoms with Gasteiger partial charge in [-0.05, 0) is 31.0 Å². The standard InChI is InChI=1S/C20H24N2O2/c1-24-19-10-6-5-9-17(19)15-22-13-11-18(12-14-22)21-20(23)16-7-3-2-4-8-16/h2-10,18H,11-15H2,1H3,(H,21,23). The predicted octanol–water partition coefficient (Wildman–Crippen LogP) is 3.09. The number of likely N-dealkylation sites (tertiary alicyclic amines) is 1. The molecule has 0 aromatic heterocycles. The molecule has 3 rings (SSSR count). The summed E-state index contributed by atoms with van der Waals surface area (Å²) in [6.45, 7) is 2.86. The molecule has 1 amide bonds. The monoisotopic (exact) mass is 324 g/mol. The van der Waals surface area contributed by atoms with Crippen LogP contribution in [0, 0.1) is 0 Å². The van der Waals surface area contributed by atoms with Crippen molar-refractivity contribution in [2.75, 3.05) is 20.2 Å². The zero-order chi connectivity index (χ0) is 16.8. The van der Waals surface area contributed by atoms with Gasteiger partial charge in [0, 0.05) is 36.8 Å². The number of hydrogen-bond acceptors (Lipinski definition) is 3. The smallest absolute Gasteiger partial charge is 0.251 e. The third kappa shape index (κ3) is 4.15. The molecule has 0 saturated carbocycles. The van der Waals surface area contributed by atoms with Crippen molar-refractivity contribution in [1.29, 1.82) is 0 Å². The number of ether oxygens (including phenoxy) is 1. The van der Waals surface area contributed by atoms with Crippen LogP contribution < -0.4 is 10.1 Å². The van der Waals surface area contributed by atoms with E-state index in [1.54, 1.807) is 7.11 Å². The van der Waals surface area contributed by atoms with Gasteiger partial charge in [-0.1, -0.05) is 36.4 Å². The summed E-state index contributed by atoms with van der Waals surface area (Å²) < 4.78 is 5.43. The summed E-state index contributed by atoms with van der Waals surface area (Å²) in [5, 5.41) is 3.15. The number of nitrogens with one attached hydrogen (secondary N) is 1. The zero-order valence-electron chi connectivity index (χ0n) is 14.1. The van der Waals surface area contributed by atoms with E-state index in [-0.39, 0.29) is 11.9 Å². The Kier molecular flexibility index (Phi) is 5.49.